The quantitative estimate of drug-likeness (QED) is 0.865. The molecule has 110 valence electrons. The minimum absolute atomic E-state index is 0.112. The summed E-state index contributed by atoms with van der Waals surface area (Å²) in [7, 11) is 1.64. The van der Waals surface area contributed by atoms with E-state index >= 15 is 0 Å². The molecule has 5 heteroatoms. The first-order valence-corrected chi connectivity index (χ1v) is 7.75. The molecule has 1 atom stereocenters. The van der Waals surface area contributed by atoms with Crippen molar-refractivity contribution in [1.29, 1.82) is 0 Å². The highest BCUT2D eigenvalue weighted by molar-refractivity contribution is 8.00. The molecule has 1 saturated heterocycles. The number of hydrogen-bond acceptors (Lipinski definition) is 4. The molecule has 1 aromatic carbocycles. The Morgan fingerprint density at radius 1 is 1.35 bits per heavy atom. The molecule has 0 bridgehead atoms. The minimum atomic E-state index is -0.247. The van der Waals surface area contributed by atoms with Crippen LogP contribution in [0, 0.1) is 0 Å². The molecule has 0 aromatic heterocycles. The van der Waals surface area contributed by atoms with Gasteiger partial charge in [0.1, 0.15) is 5.75 Å². The summed E-state index contributed by atoms with van der Waals surface area (Å²) in [6, 6.07) is 7.73. The van der Waals surface area contributed by atoms with Crippen molar-refractivity contribution in [1.82, 2.24) is 4.90 Å². The first-order chi connectivity index (χ1) is 9.60. The Morgan fingerprint density at radius 2 is 1.95 bits per heavy atom. The van der Waals surface area contributed by atoms with Gasteiger partial charge in [-0.15, -0.1) is 11.8 Å². The van der Waals surface area contributed by atoms with Crippen molar-refractivity contribution in [3.8, 4) is 5.75 Å². The molecule has 4 nitrogen and oxygen atoms in total. The molecule has 1 aromatic rings. The van der Waals surface area contributed by atoms with Crippen LogP contribution >= 0.6 is 11.8 Å². The number of ether oxygens (including phenoxy) is 1. The number of piperidine rings is 1. The Morgan fingerprint density at radius 3 is 2.50 bits per heavy atom. The summed E-state index contributed by atoms with van der Waals surface area (Å²) in [6.45, 7) is 3.25. The van der Waals surface area contributed by atoms with Crippen LogP contribution in [0.4, 0.5) is 0 Å². The number of carbonyl (C=O) groups excluding carboxylic acids is 1. The lowest BCUT2D eigenvalue weighted by Crippen LogP contribution is -2.43. The van der Waals surface area contributed by atoms with Gasteiger partial charge < -0.3 is 14.7 Å². The molecule has 1 aliphatic heterocycles. The molecule has 1 fully saturated rings. The van der Waals surface area contributed by atoms with Crippen LogP contribution in [-0.4, -0.2) is 47.5 Å². The van der Waals surface area contributed by atoms with Gasteiger partial charge in [0.15, 0.2) is 0 Å². The summed E-state index contributed by atoms with van der Waals surface area (Å²) in [4.78, 5) is 15.2. The first kappa shape index (κ1) is 15.2. The van der Waals surface area contributed by atoms with Gasteiger partial charge in [-0.25, -0.2) is 0 Å². The third-order valence-electron chi connectivity index (χ3n) is 3.50. The van der Waals surface area contributed by atoms with E-state index in [-0.39, 0.29) is 17.3 Å². The lowest BCUT2D eigenvalue weighted by Gasteiger charge is -2.31. The molecule has 20 heavy (non-hydrogen) atoms. The molecular formula is C15H21NO3S. The van der Waals surface area contributed by atoms with Gasteiger partial charge in [-0.1, -0.05) is 0 Å². The highest BCUT2D eigenvalue weighted by atomic mass is 32.2. The number of rotatable bonds is 4. The zero-order chi connectivity index (χ0) is 14.5. The second-order valence-electron chi connectivity index (χ2n) is 4.99. The van der Waals surface area contributed by atoms with Crippen molar-refractivity contribution in [3.63, 3.8) is 0 Å². The SMILES string of the molecule is COc1ccc(S[C@@H](C)C(=O)N2CCC(O)CC2)cc1. The number of hydrogen-bond donors (Lipinski definition) is 1. The van der Waals surface area contributed by atoms with Crippen LogP contribution in [0.25, 0.3) is 0 Å². The topological polar surface area (TPSA) is 49.8 Å². The number of benzene rings is 1. The van der Waals surface area contributed by atoms with E-state index < -0.39 is 0 Å². The Hall–Kier alpha value is -1.20. The number of aliphatic hydroxyl groups excluding tert-OH is 1. The Bertz CT molecular complexity index is 441. The van der Waals surface area contributed by atoms with Gasteiger partial charge in [0.05, 0.1) is 18.5 Å². The lowest BCUT2D eigenvalue weighted by atomic mass is 10.1. The van der Waals surface area contributed by atoms with Gasteiger partial charge in [0.2, 0.25) is 5.91 Å². The van der Waals surface area contributed by atoms with Crippen LogP contribution < -0.4 is 4.74 Å². The number of methoxy groups -OCH3 is 1. The maximum atomic E-state index is 12.3. The third-order valence-corrected chi connectivity index (χ3v) is 4.60. The first-order valence-electron chi connectivity index (χ1n) is 6.87. The lowest BCUT2D eigenvalue weighted by molar-refractivity contribution is -0.132. The van der Waals surface area contributed by atoms with Crippen LogP contribution in [0.15, 0.2) is 29.2 Å². The van der Waals surface area contributed by atoms with Crippen LogP contribution in [0.5, 0.6) is 5.75 Å². The summed E-state index contributed by atoms with van der Waals surface area (Å²) in [6.07, 6.45) is 1.13. The molecule has 1 heterocycles. The fraction of sp³-hybridized carbons (Fsp3) is 0.533. The predicted molar refractivity (Wildman–Crippen MR) is 80.1 cm³/mol. The van der Waals surface area contributed by atoms with Gasteiger partial charge in [-0.05, 0) is 44.0 Å². The molecule has 2 rings (SSSR count). The van der Waals surface area contributed by atoms with Gasteiger partial charge >= 0.3 is 0 Å². The minimum Gasteiger partial charge on any atom is -0.497 e. The van der Waals surface area contributed by atoms with E-state index in [4.69, 9.17) is 4.74 Å². The maximum Gasteiger partial charge on any atom is 0.235 e. The normalized spacial score (nSPS) is 17.9. The molecule has 0 unspecified atom stereocenters. The molecule has 0 saturated carbocycles. The zero-order valence-electron chi connectivity index (χ0n) is 11.9. The fourth-order valence-electron chi connectivity index (χ4n) is 2.25. The average Bonchev–Trinajstić information content (AvgIpc) is 2.48. The number of thioether (sulfide) groups is 1. The van der Waals surface area contributed by atoms with E-state index in [1.807, 2.05) is 36.1 Å². The van der Waals surface area contributed by atoms with Gasteiger partial charge in [0, 0.05) is 18.0 Å². The predicted octanol–water partition coefficient (Wildman–Crippen LogP) is 2.16. The molecule has 1 amide bonds. The van der Waals surface area contributed by atoms with E-state index in [0.29, 0.717) is 25.9 Å². The van der Waals surface area contributed by atoms with E-state index in [9.17, 15) is 9.90 Å². The summed E-state index contributed by atoms with van der Waals surface area (Å²) < 4.78 is 5.12. The molecule has 0 aliphatic carbocycles. The van der Waals surface area contributed by atoms with Crippen LogP contribution in [0.3, 0.4) is 0 Å². The summed E-state index contributed by atoms with van der Waals surface area (Å²) in [5.74, 6) is 0.969. The van der Waals surface area contributed by atoms with Crippen molar-refractivity contribution in [2.24, 2.45) is 0 Å². The van der Waals surface area contributed by atoms with E-state index in [2.05, 4.69) is 0 Å². The average molecular weight is 295 g/mol. The van der Waals surface area contributed by atoms with Gasteiger partial charge in [-0.3, -0.25) is 4.79 Å². The standard InChI is InChI=1S/C15H21NO3S/c1-11(15(18)16-9-7-12(17)8-10-16)20-14-5-3-13(19-2)4-6-14/h3-6,11-12,17H,7-10H2,1-2H3/t11-/m0/s1. The number of likely N-dealkylation sites (tertiary alicyclic amines) is 1. The Labute approximate surface area is 124 Å². The van der Waals surface area contributed by atoms with E-state index in [0.717, 1.165) is 10.6 Å². The van der Waals surface area contributed by atoms with Crippen molar-refractivity contribution in [2.45, 2.75) is 36.0 Å². The van der Waals surface area contributed by atoms with Crippen molar-refractivity contribution in [3.05, 3.63) is 24.3 Å². The molecular weight excluding hydrogens is 274 g/mol. The largest absolute Gasteiger partial charge is 0.497 e. The van der Waals surface area contributed by atoms with Gasteiger partial charge in [-0.2, -0.15) is 0 Å². The number of aliphatic hydroxyl groups is 1. The highest BCUT2D eigenvalue weighted by Crippen LogP contribution is 2.27. The second kappa shape index (κ2) is 6.99. The summed E-state index contributed by atoms with van der Waals surface area (Å²) in [5.41, 5.74) is 0. The number of carbonyl (C=O) groups is 1. The number of amides is 1. The Kier molecular flexibility index (Phi) is 5.31. The van der Waals surface area contributed by atoms with Crippen molar-refractivity contribution in [2.75, 3.05) is 20.2 Å². The summed E-state index contributed by atoms with van der Waals surface area (Å²) in [5, 5.41) is 9.36. The van der Waals surface area contributed by atoms with Crippen LogP contribution in [0.2, 0.25) is 0 Å². The smallest absolute Gasteiger partial charge is 0.235 e. The van der Waals surface area contributed by atoms with Crippen LogP contribution in [0.1, 0.15) is 19.8 Å². The zero-order valence-corrected chi connectivity index (χ0v) is 12.7. The van der Waals surface area contributed by atoms with E-state index in [1.54, 1.807) is 18.9 Å². The molecule has 0 radical (unpaired) electrons. The van der Waals surface area contributed by atoms with E-state index in [1.165, 1.54) is 0 Å². The highest BCUT2D eigenvalue weighted by Gasteiger charge is 2.25. The fourth-order valence-corrected chi connectivity index (χ4v) is 3.20. The monoisotopic (exact) mass is 295 g/mol. The third kappa shape index (κ3) is 3.90. The molecule has 0 spiro atoms. The van der Waals surface area contributed by atoms with Gasteiger partial charge in [0.25, 0.3) is 0 Å². The Balaban J connectivity index is 1.89. The molecule has 1 aliphatic rings. The van der Waals surface area contributed by atoms with Crippen molar-refractivity contribution >= 4 is 17.7 Å². The second-order valence-corrected chi connectivity index (χ2v) is 6.41. The van der Waals surface area contributed by atoms with Crippen LogP contribution in [-0.2, 0) is 4.79 Å². The number of nitrogens with zero attached hydrogens (tertiary/aromatic N) is 1. The summed E-state index contributed by atoms with van der Waals surface area (Å²) >= 11 is 1.56. The van der Waals surface area contributed by atoms with Crippen molar-refractivity contribution < 1.29 is 14.6 Å². The molecule has 1 N–H and O–H groups in total. The maximum absolute atomic E-state index is 12.3.